The molecule has 0 saturated heterocycles. The third kappa shape index (κ3) is 5.78. The Morgan fingerprint density at radius 2 is 1.90 bits per heavy atom. The number of hydrogen-bond acceptors (Lipinski definition) is 5. The molecule has 0 aliphatic carbocycles. The van der Waals surface area contributed by atoms with E-state index in [4.69, 9.17) is 9.72 Å². The molecule has 1 amide bonds. The number of thiazole rings is 1. The zero-order chi connectivity index (χ0) is 20.6. The van der Waals surface area contributed by atoms with E-state index >= 15 is 0 Å². The molecule has 0 unspecified atom stereocenters. The number of amides is 1. The number of carbonyl (C=O) groups excluding carboxylic acids is 1. The summed E-state index contributed by atoms with van der Waals surface area (Å²) in [5.74, 6) is 0.700. The average molecular weight is 412 g/mol. The number of benzene rings is 2. The highest BCUT2D eigenvalue weighted by atomic mass is 32.1. The molecule has 154 valence electrons. The van der Waals surface area contributed by atoms with Gasteiger partial charge in [0.25, 0.3) is 5.91 Å². The summed E-state index contributed by atoms with van der Waals surface area (Å²) in [5, 5.41) is 0.743. The lowest BCUT2D eigenvalue weighted by atomic mass is 10.2. The lowest BCUT2D eigenvalue weighted by Crippen LogP contribution is -2.33. The van der Waals surface area contributed by atoms with Gasteiger partial charge in [-0.15, -0.1) is 0 Å². The van der Waals surface area contributed by atoms with Gasteiger partial charge < -0.3 is 9.64 Å². The maximum Gasteiger partial charge on any atom is 0.260 e. The number of hydrogen-bond donors (Lipinski definition) is 0. The first-order chi connectivity index (χ1) is 14.1. The van der Waals surface area contributed by atoms with Gasteiger partial charge in [0.15, 0.2) is 5.13 Å². The van der Waals surface area contributed by atoms with Crippen LogP contribution in [-0.2, 0) is 0 Å². The van der Waals surface area contributed by atoms with Crippen LogP contribution in [0.25, 0.3) is 10.2 Å². The Morgan fingerprint density at radius 3 is 2.66 bits per heavy atom. The van der Waals surface area contributed by atoms with Crippen molar-refractivity contribution in [2.24, 2.45) is 0 Å². The van der Waals surface area contributed by atoms with Gasteiger partial charge in [0.1, 0.15) is 5.75 Å². The second kappa shape index (κ2) is 10.4. The van der Waals surface area contributed by atoms with Gasteiger partial charge in [0.05, 0.1) is 16.8 Å². The van der Waals surface area contributed by atoms with Gasteiger partial charge in [-0.1, -0.05) is 42.9 Å². The number of carbonyl (C=O) groups is 1. The third-order valence-electron chi connectivity index (χ3n) is 4.59. The van der Waals surface area contributed by atoms with Crippen molar-refractivity contribution in [1.82, 2.24) is 9.88 Å². The number of rotatable bonds is 10. The molecule has 5 nitrogen and oxygen atoms in total. The van der Waals surface area contributed by atoms with Crippen molar-refractivity contribution in [2.75, 3.05) is 38.7 Å². The average Bonchev–Trinajstić information content (AvgIpc) is 3.15. The summed E-state index contributed by atoms with van der Waals surface area (Å²) in [5.41, 5.74) is 1.55. The molecule has 1 heterocycles. The van der Waals surface area contributed by atoms with Crippen LogP contribution < -0.4 is 9.64 Å². The molecule has 0 N–H and O–H groups in total. The van der Waals surface area contributed by atoms with E-state index in [-0.39, 0.29) is 5.91 Å². The SMILES string of the molecule is CCCCOc1cccc(C(=O)N(CCCN(C)C)c2nc3ccccc3s2)c1. The number of para-hydroxylation sites is 1. The molecule has 0 saturated carbocycles. The van der Waals surface area contributed by atoms with Crippen LogP contribution in [0.5, 0.6) is 5.75 Å². The third-order valence-corrected chi connectivity index (χ3v) is 5.65. The Hall–Kier alpha value is -2.44. The molecule has 3 rings (SSSR count). The second-order valence-electron chi connectivity index (χ2n) is 7.31. The molecular weight excluding hydrogens is 382 g/mol. The normalized spacial score (nSPS) is 11.2. The Bertz CT molecular complexity index is 906. The van der Waals surface area contributed by atoms with E-state index in [1.807, 2.05) is 62.6 Å². The first kappa shape index (κ1) is 21.3. The Labute approximate surface area is 176 Å². The van der Waals surface area contributed by atoms with Crippen molar-refractivity contribution in [3.8, 4) is 5.75 Å². The van der Waals surface area contributed by atoms with Crippen molar-refractivity contribution in [3.63, 3.8) is 0 Å². The van der Waals surface area contributed by atoms with Gasteiger partial charge in [-0.2, -0.15) is 0 Å². The first-order valence-electron chi connectivity index (χ1n) is 10.1. The lowest BCUT2D eigenvalue weighted by molar-refractivity contribution is 0.0985. The van der Waals surface area contributed by atoms with Gasteiger partial charge in [-0.05, 0) is 63.8 Å². The number of anilines is 1. The fourth-order valence-electron chi connectivity index (χ4n) is 3.01. The predicted molar refractivity (Wildman–Crippen MR) is 121 cm³/mol. The van der Waals surface area contributed by atoms with Crippen LogP contribution in [-0.4, -0.2) is 49.6 Å². The van der Waals surface area contributed by atoms with Crippen molar-refractivity contribution in [3.05, 3.63) is 54.1 Å². The van der Waals surface area contributed by atoms with Gasteiger partial charge in [-0.25, -0.2) is 4.98 Å². The van der Waals surface area contributed by atoms with Crippen LogP contribution in [0, 0.1) is 0 Å². The predicted octanol–water partition coefficient (Wildman–Crippen LogP) is 5.07. The summed E-state index contributed by atoms with van der Waals surface area (Å²) in [6.07, 6.45) is 2.96. The molecule has 0 spiro atoms. The van der Waals surface area contributed by atoms with Gasteiger partial charge >= 0.3 is 0 Å². The van der Waals surface area contributed by atoms with E-state index in [2.05, 4.69) is 11.8 Å². The summed E-state index contributed by atoms with van der Waals surface area (Å²) in [6, 6.07) is 15.5. The number of aromatic nitrogens is 1. The number of ether oxygens (including phenoxy) is 1. The largest absolute Gasteiger partial charge is 0.494 e. The highest BCUT2D eigenvalue weighted by Crippen LogP contribution is 2.30. The molecule has 0 atom stereocenters. The van der Waals surface area contributed by atoms with Crippen LogP contribution in [0.1, 0.15) is 36.5 Å². The van der Waals surface area contributed by atoms with E-state index in [1.54, 1.807) is 16.2 Å². The van der Waals surface area contributed by atoms with E-state index in [1.165, 1.54) is 0 Å². The maximum absolute atomic E-state index is 13.4. The first-order valence-corrected chi connectivity index (χ1v) is 10.9. The van der Waals surface area contributed by atoms with Crippen molar-refractivity contribution in [2.45, 2.75) is 26.2 Å². The maximum atomic E-state index is 13.4. The van der Waals surface area contributed by atoms with E-state index in [0.717, 1.165) is 46.9 Å². The standard InChI is InChI=1S/C23H29N3O2S/c1-4-5-16-28-19-11-8-10-18(17-19)22(27)26(15-9-14-25(2)3)23-24-20-12-6-7-13-21(20)29-23/h6-8,10-13,17H,4-5,9,14-16H2,1-3H3. The monoisotopic (exact) mass is 411 g/mol. The van der Waals surface area contributed by atoms with Crippen LogP contribution in [0.3, 0.4) is 0 Å². The molecule has 6 heteroatoms. The molecular formula is C23H29N3O2S. The van der Waals surface area contributed by atoms with Crippen LogP contribution in [0.4, 0.5) is 5.13 Å². The summed E-state index contributed by atoms with van der Waals surface area (Å²) in [4.78, 5) is 22.1. The highest BCUT2D eigenvalue weighted by Gasteiger charge is 2.21. The molecule has 29 heavy (non-hydrogen) atoms. The molecule has 3 aromatic rings. The Morgan fingerprint density at radius 1 is 1.07 bits per heavy atom. The van der Waals surface area contributed by atoms with E-state index < -0.39 is 0 Å². The molecule has 0 bridgehead atoms. The van der Waals surface area contributed by atoms with Gasteiger partial charge in [-0.3, -0.25) is 9.69 Å². The molecule has 0 aliphatic rings. The van der Waals surface area contributed by atoms with E-state index in [9.17, 15) is 4.79 Å². The smallest absolute Gasteiger partial charge is 0.260 e. The minimum absolute atomic E-state index is 0.0382. The Balaban J connectivity index is 1.84. The molecule has 0 fully saturated rings. The van der Waals surface area contributed by atoms with E-state index in [0.29, 0.717) is 18.7 Å². The molecule has 0 aliphatic heterocycles. The fraction of sp³-hybridized carbons (Fsp3) is 0.391. The van der Waals surface area contributed by atoms with Crippen LogP contribution >= 0.6 is 11.3 Å². The topological polar surface area (TPSA) is 45.7 Å². The summed E-state index contributed by atoms with van der Waals surface area (Å²) >= 11 is 1.56. The van der Waals surface area contributed by atoms with Gasteiger partial charge in [0, 0.05) is 12.1 Å². The summed E-state index contributed by atoms with van der Waals surface area (Å²) in [7, 11) is 4.09. The van der Waals surface area contributed by atoms with Crippen LogP contribution in [0.15, 0.2) is 48.5 Å². The molecule has 0 radical (unpaired) electrons. The second-order valence-corrected chi connectivity index (χ2v) is 8.32. The van der Waals surface area contributed by atoms with Crippen molar-refractivity contribution < 1.29 is 9.53 Å². The summed E-state index contributed by atoms with van der Waals surface area (Å²) in [6.45, 7) is 4.33. The summed E-state index contributed by atoms with van der Waals surface area (Å²) < 4.78 is 6.88. The quantitative estimate of drug-likeness (QED) is 0.437. The van der Waals surface area contributed by atoms with Crippen molar-refractivity contribution in [1.29, 1.82) is 0 Å². The zero-order valence-corrected chi connectivity index (χ0v) is 18.2. The van der Waals surface area contributed by atoms with Crippen molar-refractivity contribution >= 4 is 32.6 Å². The highest BCUT2D eigenvalue weighted by molar-refractivity contribution is 7.22. The number of unbranched alkanes of at least 4 members (excludes halogenated alkanes) is 1. The lowest BCUT2D eigenvalue weighted by Gasteiger charge is -2.21. The van der Waals surface area contributed by atoms with Gasteiger partial charge in [0.2, 0.25) is 0 Å². The minimum atomic E-state index is -0.0382. The zero-order valence-electron chi connectivity index (χ0n) is 17.4. The minimum Gasteiger partial charge on any atom is -0.494 e. The number of fused-ring (bicyclic) bond motifs is 1. The molecule has 1 aromatic heterocycles. The number of nitrogens with zero attached hydrogens (tertiary/aromatic N) is 3. The fourth-order valence-corrected chi connectivity index (χ4v) is 4.00. The van der Waals surface area contributed by atoms with Crippen LogP contribution in [0.2, 0.25) is 0 Å². The molecule has 2 aromatic carbocycles. The Kier molecular flexibility index (Phi) is 7.61.